The summed E-state index contributed by atoms with van der Waals surface area (Å²) in [7, 11) is 0. The predicted octanol–water partition coefficient (Wildman–Crippen LogP) is 2.69. The number of phenolic OH excluding ortho intramolecular Hbond substituents is 1. The fourth-order valence-corrected chi connectivity index (χ4v) is 2.00. The van der Waals surface area contributed by atoms with Gasteiger partial charge in [-0.05, 0) is 51.4 Å². The molecule has 5 nitrogen and oxygen atoms in total. The Hall–Kier alpha value is -1.88. The zero-order chi connectivity index (χ0) is 15.3. The third-order valence-corrected chi connectivity index (χ3v) is 3.00. The summed E-state index contributed by atoms with van der Waals surface area (Å²) in [6.45, 7) is 7.36. The minimum absolute atomic E-state index is 0.134. The van der Waals surface area contributed by atoms with Crippen LogP contribution in [-0.4, -0.2) is 27.4 Å². The molecule has 1 heterocycles. The van der Waals surface area contributed by atoms with Crippen molar-refractivity contribution in [3.63, 3.8) is 0 Å². The molecule has 1 aromatic carbocycles. The Balaban J connectivity index is 1.81. The second-order valence-electron chi connectivity index (χ2n) is 6.22. The van der Waals surface area contributed by atoms with Crippen molar-refractivity contribution in [2.45, 2.75) is 45.6 Å². The van der Waals surface area contributed by atoms with Crippen LogP contribution in [0.25, 0.3) is 0 Å². The van der Waals surface area contributed by atoms with Crippen molar-refractivity contribution in [3.05, 3.63) is 41.6 Å². The number of phenols is 1. The molecule has 0 atom stereocenters. The van der Waals surface area contributed by atoms with Crippen LogP contribution in [0.4, 0.5) is 0 Å². The molecule has 0 radical (unpaired) electrons. The van der Waals surface area contributed by atoms with E-state index in [-0.39, 0.29) is 11.3 Å². The Morgan fingerprint density at radius 1 is 1.19 bits per heavy atom. The van der Waals surface area contributed by atoms with Gasteiger partial charge in [0.05, 0.1) is 6.42 Å². The zero-order valence-corrected chi connectivity index (χ0v) is 12.9. The average Bonchev–Trinajstić information content (AvgIpc) is 2.81. The van der Waals surface area contributed by atoms with Gasteiger partial charge in [-0.15, -0.1) is 10.2 Å². The minimum Gasteiger partial charge on any atom is -0.508 e. The van der Waals surface area contributed by atoms with E-state index in [1.807, 2.05) is 6.07 Å². The summed E-state index contributed by atoms with van der Waals surface area (Å²) < 4.78 is 5.63. The second kappa shape index (κ2) is 6.72. The van der Waals surface area contributed by atoms with Crippen molar-refractivity contribution in [3.8, 4) is 5.75 Å². The molecule has 2 aromatic rings. The number of aryl methyl sites for hydroxylation is 1. The summed E-state index contributed by atoms with van der Waals surface area (Å²) in [6, 6.07) is 7.08. The van der Waals surface area contributed by atoms with Gasteiger partial charge in [0.2, 0.25) is 11.8 Å². The first-order valence-corrected chi connectivity index (χ1v) is 7.26. The first kappa shape index (κ1) is 15.5. The van der Waals surface area contributed by atoms with E-state index in [4.69, 9.17) is 4.42 Å². The number of nitrogens with zero attached hydrogens (tertiary/aromatic N) is 2. The Bertz CT molecular complexity index is 573. The molecule has 5 heteroatoms. The molecule has 2 N–H and O–H groups in total. The SMILES string of the molecule is CC(C)(C)NCCCc1nnc(Cc2cccc(O)c2)o1. The molecule has 0 saturated heterocycles. The van der Waals surface area contributed by atoms with Gasteiger partial charge in [-0.1, -0.05) is 12.1 Å². The van der Waals surface area contributed by atoms with Gasteiger partial charge in [-0.2, -0.15) is 0 Å². The Kier molecular flexibility index (Phi) is 4.96. The van der Waals surface area contributed by atoms with E-state index >= 15 is 0 Å². The van der Waals surface area contributed by atoms with Gasteiger partial charge in [-0.25, -0.2) is 0 Å². The highest BCUT2D eigenvalue weighted by Crippen LogP contribution is 2.14. The molecule has 0 bridgehead atoms. The van der Waals surface area contributed by atoms with Crippen LogP contribution in [-0.2, 0) is 12.8 Å². The summed E-state index contributed by atoms with van der Waals surface area (Å²) in [4.78, 5) is 0. The molecule has 1 aromatic heterocycles. The number of hydrogen-bond acceptors (Lipinski definition) is 5. The van der Waals surface area contributed by atoms with Crippen LogP contribution in [0.15, 0.2) is 28.7 Å². The highest BCUT2D eigenvalue weighted by Gasteiger charge is 2.10. The van der Waals surface area contributed by atoms with Gasteiger partial charge in [0.25, 0.3) is 0 Å². The third kappa shape index (κ3) is 5.55. The molecule has 0 aliphatic carbocycles. The first-order valence-electron chi connectivity index (χ1n) is 7.26. The lowest BCUT2D eigenvalue weighted by Gasteiger charge is -2.19. The molecular weight excluding hydrogens is 266 g/mol. The zero-order valence-electron chi connectivity index (χ0n) is 12.9. The van der Waals surface area contributed by atoms with Crippen molar-refractivity contribution in [2.24, 2.45) is 0 Å². The highest BCUT2D eigenvalue weighted by molar-refractivity contribution is 5.28. The number of aromatic hydroxyl groups is 1. The van der Waals surface area contributed by atoms with Crippen LogP contribution in [0.3, 0.4) is 0 Å². The Labute approximate surface area is 125 Å². The minimum atomic E-state index is 0.134. The lowest BCUT2D eigenvalue weighted by Crippen LogP contribution is -2.36. The monoisotopic (exact) mass is 289 g/mol. The lowest BCUT2D eigenvalue weighted by molar-refractivity contribution is 0.406. The summed E-state index contributed by atoms with van der Waals surface area (Å²) in [6.07, 6.45) is 2.28. The largest absolute Gasteiger partial charge is 0.508 e. The number of benzene rings is 1. The maximum Gasteiger partial charge on any atom is 0.220 e. The standard InChI is InChI=1S/C16H23N3O2/c1-16(2,3)17-9-5-8-14-18-19-15(21-14)11-12-6-4-7-13(20)10-12/h4,6-7,10,17,20H,5,8-9,11H2,1-3H3. The van der Waals surface area contributed by atoms with Gasteiger partial charge >= 0.3 is 0 Å². The van der Waals surface area contributed by atoms with Crippen LogP contribution in [0.2, 0.25) is 0 Å². The average molecular weight is 289 g/mol. The molecule has 0 unspecified atom stereocenters. The van der Waals surface area contributed by atoms with Gasteiger partial charge in [0.15, 0.2) is 0 Å². The molecule has 0 spiro atoms. The van der Waals surface area contributed by atoms with Crippen molar-refractivity contribution < 1.29 is 9.52 Å². The van der Waals surface area contributed by atoms with Crippen LogP contribution in [0, 0.1) is 0 Å². The summed E-state index contributed by atoms with van der Waals surface area (Å²) in [5.41, 5.74) is 1.09. The van der Waals surface area contributed by atoms with Crippen molar-refractivity contribution in [1.29, 1.82) is 0 Å². The quantitative estimate of drug-likeness (QED) is 0.800. The van der Waals surface area contributed by atoms with Gasteiger partial charge < -0.3 is 14.8 Å². The van der Waals surface area contributed by atoms with Crippen LogP contribution in [0.5, 0.6) is 5.75 Å². The topological polar surface area (TPSA) is 71.2 Å². The predicted molar refractivity (Wildman–Crippen MR) is 81.3 cm³/mol. The van der Waals surface area contributed by atoms with E-state index in [0.29, 0.717) is 18.2 Å². The van der Waals surface area contributed by atoms with Gasteiger partial charge in [-0.3, -0.25) is 0 Å². The molecule has 0 aliphatic rings. The maximum absolute atomic E-state index is 9.43. The van der Waals surface area contributed by atoms with Gasteiger partial charge in [0, 0.05) is 12.0 Å². The molecule has 114 valence electrons. The number of rotatable bonds is 6. The fourth-order valence-electron chi connectivity index (χ4n) is 2.00. The molecular formula is C16H23N3O2. The van der Waals surface area contributed by atoms with Crippen LogP contribution >= 0.6 is 0 Å². The van der Waals surface area contributed by atoms with E-state index in [1.54, 1.807) is 18.2 Å². The summed E-state index contributed by atoms with van der Waals surface area (Å²) in [5, 5.41) is 21.0. The van der Waals surface area contributed by atoms with E-state index in [0.717, 1.165) is 24.9 Å². The van der Waals surface area contributed by atoms with Crippen LogP contribution in [0.1, 0.15) is 44.5 Å². The molecule has 21 heavy (non-hydrogen) atoms. The Morgan fingerprint density at radius 3 is 2.67 bits per heavy atom. The third-order valence-electron chi connectivity index (χ3n) is 3.00. The molecule has 0 amide bonds. The maximum atomic E-state index is 9.43. The number of hydrogen-bond donors (Lipinski definition) is 2. The molecule has 0 saturated carbocycles. The normalized spacial score (nSPS) is 11.8. The van der Waals surface area contributed by atoms with Gasteiger partial charge in [0.1, 0.15) is 5.75 Å². The fraction of sp³-hybridized carbons (Fsp3) is 0.500. The van der Waals surface area contributed by atoms with Crippen molar-refractivity contribution in [2.75, 3.05) is 6.54 Å². The van der Waals surface area contributed by atoms with Crippen molar-refractivity contribution in [1.82, 2.24) is 15.5 Å². The summed E-state index contributed by atoms with van der Waals surface area (Å²) in [5.74, 6) is 1.50. The molecule has 0 aliphatic heterocycles. The van der Waals surface area contributed by atoms with Crippen molar-refractivity contribution >= 4 is 0 Å². The lowest BCUT2D eigenvalue weighted by atomic mass is 10.1. The number of nitrogens with one attached hydrogen (secondary N) is 1. The van der Waals surface area contributed by atoms with E-state index in [2.05, 4.69) is 36.3 Å². The van der Waals surface area contributed by atoms with E-state index < -0.39 is 0 Å². The Morgan fingerprint density at radius 2 is 1.95 bits per heavy atom. The molecule has 0 fully saturated rings. The van der Waals surface area contributed by atoms with E-state index in [1.165, 1.54) is 0 Å². The number of aromatic nitrogens is 2. The van der Waals surface area contributed by atoms with E-state index in [9.17, 15) is 5.11 Å². The smallest absolute Gasteiger partial charge is 0.220 e. The second-order valence-corrected chi connectivity index (χ2v) is 6.22. The summed E-state index contributed by atoms with van der Waals surface area (Å²) >= 11 is 0. The van der Waals surface area contributed by atoms with Crippen LogP contribution < -0.4 is 5.32 Å². The molecule has 2 rings (SSSR count). The highest BCUT2D eigenvalue weighted by atomic mass is 16.4. The first-order chi connectivity index (χ1) is 9.92.